The van der Waals surface area contributed by atoms with E-state index in [1.807, 2.05) is 60.7 Å². The van der Waals surface area contributed by atoms with Gasteiger partial charge in [-0.2, -0.15) is 9.97 Å². The van der Waals surface area contributed by atoms with Gasteiger partial charge in [-0.15, -0.1) is 0 Å². The minimum atomic E-state index is 0.557. The van der Waals surface area contributed by atoms with Crippen LogP contribution in [0.2, 0.25) is 0 Å². The summed E-state index contributed by atoms with van der Waals surface area (Å²) in [7, 11) is 0. The second-order valence-corrected chi connectivity index (χ2v) is 16.5. The van der Waals surface area contributed by atoms with Gasteiger partial charge in [-0.3, -0.25) is 4.57 Å². The van der Waals surface area contributed by atoms with E-state index in [1.165, 1.54) is 22.0 Å². The Morgan fingerprint density at radius 3 is 1.65 bits per heavy atom. The van der Waals surface area contributed by atoms with Crippen molar-refractivity contribution in [3.05, 3.63) is 212 Å². The molecule has 0 unspecified atom stereocenters. The summed E-state index contributed by atoms with van der Waals surface area (Å²) in [6.07, 6.45) is 6.20. The maximum atomic E-state index is 6.49. The summed E-state index contributed by atoms with van der Waals surface area (Å²) in [6, 6.07) is 67.3. The lowest BCUT2D eigenvalue weighted by molar-refractivity contribution is 0.618. The fourth-order valence-corrected chi connectivity index (χ4v) is 9.80. The van der Waals surface area contributed by atoms with Gasteiger partial charge in [0.2, 0.25) is 11.8 Å². The number of hydrogen-bond acceptors (Lipinski definition) is 5. The fourth-order valence-electron chi connectivity index (χ4n) is 9.80. The van der Waals surface area contributed by atoms with E-state index in [0.29, 0.717) is 23.5 Å². The molecule has 8 aromatic carbocycles. The van der Waals surface area contributed by atoms with Crippen LogP contribution in [0, 0.1) is 0 Å². The van der Waals surface area contributed by atoms with Crippen molar-refractivity contribution in [3.8, 4) is 51.3 Å². The molecular formula is C58H38N6O. The van der Waals surface area contributed by atoms with Gasteiger partial charge in [-0.05, 0) is 65.9 Å². The molecule has 1 aliphatic carbocycles. The molecule has 0 spiro atoms. The second-order valence-electron chi connectivity index (χ2n) is 16.5. The van der Waals surface area contributed by atoms with Gasteiger partial charge in [0.15, 0.2) is 17.2 Å². The molecule has 0 fully saturated rings. The average Bonchev–Trinajstić information content (AvgIpc) is 4.08. The second kappa shape index (κ2) is 15.0. The van der Waals surface area contributed by atoms with Crippen LogP contribution in [-0.4, -0.2) is 29.1 Å². The Balaban J connectivity index is 1.05. The Labute approximate surface area is 373 Å². The minimum Gasteiger partial charge on any atom is -0.435 e. The van der Waals surface area contributed by atoms with Crippen molar-refractivity contribution < 1.29 is 4.42 Å². The zero-order valence-electron chi connectivity index (χ0n) is 35.1. The first kappa shape index (κ1) is 36.9. The lowest BCUT2D eigenvalue weighted by Gasteiger charge is -2.19. The van der Waals surface area contributed by atoms with Crippen LogP contribution in [0.3, 0.4) is 0 Å². The number of aromatic nitrogens is 6. The number of nitrogens with zero attached hydrogens (tertiary/aromatic N) is 6. The van der Waals surface area contributed by atoms with Crippen molar-refractivity contribution in [3.63, 3.8) is 0 Å². The van der Waals surface area contributed by atoms with Crippen LogP contribution >= 0.6 is 0 Å². The number of benzene rings is 8. The van der Waals surface area contributed by atoms with Crippen LogP contribution in [-0.2, 0) is 0 Å². The van der Waals surface area contributed by atoms with E-state index in [2.05, 4.69) is 155 Å². The van der Waals surface area contributed by atoms with Crippen LogP contribution in [0.25, 0.3) is 117 Å². The third-order valence-electron chi connectivity index (χ3n) is 12.8. The van der Waals surface area contributed by atoms with Crippen molar-refractivity contribution in [2.45, 2.75) is 12.8 Å². The summed E-state index contributed by atoms with van der Waals surface area (Å²) in [5.41, 5.74) is 14.5. The molecule has 0 atom stereocenters. The van der Waals surface area contributed by atoms with Crippen LogP contribution in [0.4, 0.5) is 0 Å². The molecule has 0 radical (unpaired) electrons. The molecule has 0 amide bonds. The molecule has 0 saturated carbocycles. The third kappa shape index (κ3) is 6.04. The SMILES string of the molecule is C1=C(c2cccc3nc(-c4ccccc4)oc23)CCC(n2c3ccccc3c3ccc4c5ccccc5n(-c5nc(-c6ccccc6)nc(-c6ccccc6-c6ccccc6)n5)c4c32)=C1. The standard InChI is InChI=1S/C58H38N6O/c1-4-17-37(18-5-1)42-23-10-11-26-48(42)56-60-55(39-19-6-2-7-20-39)61-58(62-56)64-51-30-15-13-25-45(51)47-36-35-46-44-24-12-14-29-50(44)63(52(46)53(47)64)41-33-31-38(32-34-41)43-27-16-28-49-54(43)65-57(59-49)40-21-8-3-9-22-40/h1-31,33,35-36H,32,34H2. The number of oxazole rings is 1. The van der Waals surface area contributed by atoms with Gasteiger partial charge >= 0.3 is 0 Å². The molecule has 4 heterocycles. The summed E-state index contributed by atoms with van der Waals surface area (Å²) in [6.45, 7) is 0. The van der Waals surface area contributed by atoms with Gasteiger partial charge in [0.25, 0.3) is 0 Å². The Morgan fingerprint density at radius 2 is 0.954 bits per heavy atom. The topological polar surface area (TPSA) is 74.6 Å². The van der Waals surface area contributed by atoms with E-state index in [-0.39, 0.29) is 0 Å². The molecule has 0 N–H and O–H groups in total. The molecule has 13 rings (SSSR count). The number of fused-ring (bicyclic) bond motifs is 8. The quantitative estimate of drug-likeness (QED) is 0.160. The van der Waals surface area contributed by atoms with Crippen LogP contribution in [0.1, 0.15) is 18.4 Å². The lowest BCUT2D eigenvalue weighted by atomic mass is 9.95. The van der Waals surface area contributed by atoms with Crippen molar-refractivity contribution in [1.82, 2.24) is 29.1 Å². The highest BCUT2D eigenvalue weighted by molar-refractivity contribution is 6.24. The monoisotopic (exact) mass is 834 g/mol. The summed E-state index contributed by atoms with van der Waals surface area (Å²) in [5.74, 6) is 2.41. The van der Waals surface area contributed by atoms with Gasteiger partial charge in [0.1, 0.15) is 5.52 Å². The molecular weight excluding hydrogens is 797 g/mol. The highest BCUT2D eigenvalue weighted by Gasteiger charge is 2.25. The first-order valence-electron chi connectivity index (χ1n) is 22.0. The van der Waals surface area contributed by atoms with E-state index in [9.17, 15) is 0 Å². The van der Waals surface area contributed by atoms with E-state index in [4.69, 9.17) is 24.4 Å². The van der Waals surface area contributed by atoms with Gasteiger partial charge in [0, 0.05) is 49.5 Å². The van der Waals surface area contributed by atoms with Crippen molar-refractivity contribution in [2.24, 2.45) is 0 Å². The van der Waals surface area contributed by atoms with Crippen molar-refractivity contribution in [2.75, 3.05) is 0 Å². The summed E-state index contributed by atoms with van der Waals surface area (Å²) < 4.78 is 11.2. The molecule has 7 heteroatoms. The summed E-state index contributed by atoms with van der Waals surface area (Å²) >= 11 is 0. The van der Waals surface area contributed by atoms with Crippen molar-refractivity contribution in [1.29, 1.82) is 0 Å². The molecule has 65 heavy (non-hydrogen) atoms. The number of hydrogen-bond donors (Lipinski definition) is 0. The minimum absolute atomic E-state index is 0.557. The van der Waals surface area contributed by atoms with E-state index in [1.54, 1.807) is 0 Å². The largest absolute Gasteiger partial charge is 0.435 e. The van der Waals surface area contributed by atoms with E-state index >= 15 is 0 Å². The molecule has 1 aliphatic rings. The Kier molecular flexibility index (Phi) is 8.52. The first-order chi connectivity index (χ1) is 32.2. The van der Waals surface area contributed by atoms with Gasteiger partial charge < -0.3 is 8.98 Å². The van der Waals surface area contributed by atoms with Gasteiger partial charge in [-0.1, -0.05) is 170 Å². The smallest absolute Gasteiger partial charge is 0.238 e. The molecule has 4 aromatic heterocycles. The number of para-hydroxylation sites is 3. The number of rotatable bonds is 7. The molecule has 306 valence electrons. The van der Waals surface area contributed by atoms with Crippen molar-refractivity contribution >= 4 is 66.0 Å². The summed E-state index contributed by atoms with van der Waals surface area (Å²) in [5, 5.41) is 4.61. The van der Waals surface area contributed by atoms with E-state index in [0.717, 1.165) is 90.2 Å². The predicted molar refractivity (Wildman–Crippen MR) is 264 cm³/mol. The molecule has 0 saturated heterocycles. The first-order valence-corrected chi connectivity index (χ1v) is 22.0. The van der Waals surface area contributed by atoms with Crippen LogP contribution < -0.4 is 0 Å². The molecule has 12 aromatic rings. The highest BCUT2D eigenvalue weighted by Crippen LogP contribution is 2.44. The Morgan fingerprint density at radius 1 is 0.385 bits per heavy atom. The van der Waals surface area contributed by atoms with Crippen LogP contribution in [0.5, 0.6) is 0 Å². The average molecular weight is 835 g/mol. The van der Waals surface area contributed by atoms with Crippen LogP contribution in [0.15, 0.2) is 211 Å². The Hall–Kier alpha value is -8.68. The van der Waals surface area contributed by atoms with E-state index < -0.39 is 0 Å². The van der Waals surface area contributed by atoms with Gasteiger partial charge in [0.05, 0.1) is 22.1 Å². The van der Waals surface area contributed by atoms with Gasteiger partial charge in [-0.25, -0.2) is 9.97 Å². The lowest BCUT2D eigenvalue weighted by Crippen LogP contribution is -2.08. The maximum absolute atomic E-state index is 6.49. The predicted octanol–water partition coefficient (Wildman–Crippen LogP) is 14.6. The zero-order valence-corrected chi connectivity index (χ0v) is 35.1. The highest BCUT2D eigenvalue weighted by atomic mass is 16.3. The molecule has 0 aliphatic heterocycles. The maximum Gasteiger partial charge on any atom is 0.238 e. The molecule has 7 nitrogen and oxygen atoms in total. The third-order valence-corrected chi connectivity index (χ3v) is 12.8. The molecule has 0 bridgehead atoms. The zero-order chi connectivity index (χ0) is 42.8. The number of allylic oxidation sites excluding steroid dienone is 4. The fraction of sp³-hybridized carbons (Fsp3) is 0.0345. The Bertz CT molecular complexity index is 3880. The normalized spacial score (nSPS) is 13.0. The summed E-state index contributed by atoms with van der Waals surface area (Å²) in [4.78, 5) is 20.9.